The lowest BCUT2D eigenvalue weighted by atomic mass is 10.1. The van der Waals surface area contributed by atoms with Crippen LogP contribution < -0.4 is 5.32 Å². The summed E-state index contributed by atoms with van der Waals surface area (Å²) in [7, 11) is 0. The zero-order valence-corrected chi connectivity index (χ0v) is 12.2. The number of aromatic nitrogens is 2. The number of aliphatic carboxylic acids is 1. The molecule has 0 amide bonds. The number of anilines is 1. The zero-order valence-electron chi connectivity index (χ0n) is 12.2. The molecule has 0 aliphatic heterocycles. The van der Waals surface area contributed by atoms with E-state index in [2.05, 4.69) is 15.3 Å². The third-order valence-electron chi connectivity index (χ3n) is 3.18. The summed E-state index contributed by atoms with van der Waals surface area (Å²) in [6, 6.07) is 10.6. The van der Waals surface area contributed by atoms with E-state index < -0.39 is 12.0 Å². The second-order valence-corrected chi connectivity index (χ2v) is 5.21. The van der Waals surface area contributed by atoms with Crippen molar-refractivity contribution in [1.29, 1.82) is 0 Å². The van der Waals surface area contributed by atoms with Crippen molar-refractivity contribution in [3.05, 3.63) is 54.0 Å². The number of nitrogens with one attached hydrogen (secondary N) is 1. The summed E-state index contributed by atoms with van der Waals surface area (Å²) in [4.78, 5) is 19.7. The van der Waals surface area contributed by atoms with E-state index in [4.69, 9.17) is 0 Å². The molecule has 0 unspecified atom stereocenters. The Morgan fingerprint density at radius 3 is 2.57 bits per heavy atom. The molecule has 0 saturated carbocycles. The van der Waals surface area contributed by atoms with E-state index in [1.807, 2.05) is 44.2 Å². The standard InChI is InChI=1S/C16H19N3O2/c1-11(2)13-9-15(18-10-17-13)19-14(16(20)21)8-12-6-4-3-5-7-12/h3-7,9-11,14H,8H2,1-2H3,(H,20,21)(H,17,18,19)/t14-/m1/s1. The highest BCUT2D eigenvalue weighted by Crippen LogP contribution is 2.15. The molecule has 1 heterocycles. The molecule has 0 aliphatic carbocycles. The Morgan fingerprint density at radius 2 is 1.95 bits per heavy atom. The highest BCUT2D eigenvalue weighted by atomic mass is 16.4. The molecule has 0 fully saturated rings. The molecule has 0 aliphatic rings. The van der Waals surface area contributed by atoms with Crippen LogP contribution in [0.4, 0.5) is 5.82 Å². The van der Waals surface area contributed by atoms with Gasteiger partial charge < -0.3 is 10.4 Å². The maximum atomic E-state index is 11.4. The Hall–Kier alpha value is -2.43. The number of carboxylic acids is 1. The van der Waals surface area contributed by atoms with Crippen LogP contribution >= 0.6 is 0 Å². The van der Waals surface area contributed by atoms with Gasteiger partial charge in [0.15, 0.2) is 0 Å². The highest BCUT2D eigenvalue weighted by molar-refractivity contribution is 5.77. The average Bonchev–Trinajstić information content (AvgIpc) is 2.48. The zero-order chi connectivity index (χ0) is 15.2. The van der Waals surface area contributed by atoms with Gasteiger partial charge in [0.2, 0.25) is 0 Å². The first-order valence-electron chi connectivity index (χ1n) is 6.91. The minimum absolute atomic E-state index is 0.269. The average molecular weight is 285 g/mol. The first kappa shape index (κ1) is 15.0. The van der Waals surface area contributed by atoms with Crippen LogP contribution in [0.15, 0.2) is 42.7 Å². The molecule has 0 radical (unpaired) electrons. The first-order valence-corrected chi connectivity index (χ1v) is 6.91. The maximum Gasteiger partial charge on any atom is 0.326 e. The molecule has 1 atom stereocenters. The van der Waals surface area contributed by atoms with E-state index in [9.17, 15) is 9.90 Å². The van der Waals surface area contributed by atoms with Crippen molar-refractivity contribution < 1.29 is 9.90 Å². The topological polar surface area (TPSA) is 75.1 Å². The molecule has 2 aromatic rings. The normalized spacial score (nSPS) is 12.1. The van der Waals surface area contributed by atoms with Crippen LogP contribution in [0.2, 0.25) is 0 Å². The van der Waals surface area contributed by atoms with Crippen molar-refractivity contribution >= 4 is 11.8 Å². The lowest BCUT2D eigenvalue weighted by Gasteiger charge is -2.16. The van der Waals surface area contributed by atoms with Crippen molar-refractivity contribution in [2.75, 3.05) is 5.32 Å². The molecular weight excluding hydrogens is 266 g/mol. The summed E-state index contributed by atoms with van der Waals surface area (Å²) in [5.74, 6) is -0.0912. The van der Waals surface area contributed by atoms with Gasteiger partial charge in [0.25, 0.3) is 0 Å². The molecule has 1 aromatic heterocycles. The van der Waals surface area contributed by atoms with Gasteiger partial charge in [-0.15, -0.1) is 0 Å². The Bertz CT molecular complexity index is 599. The number of carboxylic acid groups (broad SMARTS) is 1. The molecule has 0 spiro atoms. The van der Waals surface area contributed by atoms with Gasteiger partial charge in [0, 0.05) is 18.2 Å². The minimum atomic E-state index is -0.899. The Balaban J connectivity index is 2.13. The predicted octanol–water partition coefficient (Wildman–Crippen LogP) is 2.71. The number of benzene rings is 1. The lowest BCUT2D eigenvalue weighted by molar-refractivity contribution is -0.137. The highest BCUT2D eigenvalue weighted by Gasteiger charge is 2.18. The fourth-order valence-electron chi connectivity index (χ4n) is 2.00. The maximum absolute atomic E-state index is 11.4. The van der Waals surface area contributed by atoms with Gasteiger partial charge in [0.05, 0.1) is 0 Å². The van der Waals surface area contributed by atoms with Crippen molar-refractivity contribution in [2.24, 2.45) is 0 Å². The summed E-state index contributed by atoms with van der Waals surface area (Å²) >= 11 is 0. The quantitative estimate of drug-likeness (QED) is 0.853. The molecule has 2 N–H and O–H groups in total. The van der Waals surface area contributed by atoms with Gasteiger partial charge in [-0.1, -0.05) is 44.2 Å². The molecular formula is C16H19N3O2. The van der Waals surface area contributed by atoms with Crippen LogP contribution in [-0.2, 0) is 11.2 Å². The molecule has 1 aromatic carbocycles. The summed E-state index contributed by atoms with van der Waals surface area (Å²) < 4.78 is 0. The van der Waals surface area contributed by atoms with E-state index in [0.717, 1.165) is 11.3 Å². The van der Waals surface area contributed by atoms with Gasteiger partial charge in [-0.25, -0.2) is 14.8 Å². The van der Waals surface area contributed by atoms with Crippen LogP contribution in [0.1, 0.15) is 31.0 Å². The van der Waals surface area contributed by atoms with Crippen molar-refractivity contribution in [1.82, 2.24) is 9.97 Å². The Kier molecular flexibility index (Phi) is 4.87. The fraction of sp³-hybridized carbons (Fsp3) is 0.312. The number of nitrogens with zero attached hydrogens (tertiary/aromatic N) is 2. The Labute approximate surface area is 124 Å². The number of carbonyl (C=O) groups is 1. The fourth-order valence-corrected chi connectivity index (χ4v) is 2.00. The molecule has 21 heavy (non-hydrogen) atoms. The number of hydrogen-bond donors (Lipinski definition) is 2. The first-order chi connectivity index (χ1) is 10.1. The molecule has 110 valence electrons. The summed E-state index contributed by atoms with van der Waals surface area (Å²) in [5.41, 5.74) is 1.85. The SMILES string of the molecule is CC(C)c1cc(N[C@H](Cc2ccccc2)C(=O)O)ncn1. The van der Waals surface area contributed by atoms with E-state index in [1.165, 1.54) is 6.33 Å². The van der Waals surface area contributed by atoms with Crippen LogP contribution in [0.3, 0.4) is 0 Å². The predicted molar refractivity (Wildman–Crippen MR) is 81.3 cm³/mol. The number of rotatable bonds is 6. The molecule has 5 heteroatoms. The number of hydrogen-bond acceptors (Lipinski definition) is 4. The third kappa shape index (κ3) is 4.27. The third-order valence-corrected chi connectivity index (χ3v) is 3.18. The summed E-state index contributed by atoms with van der Waals surface area (Å²) in [6.45, 7) is 4.07. The summed E-state index contributed by atoms with van der Waals surface area (Å²) in [5, 5.41) is 12.3. The minimum Gasteiger partial charge on any atom is -0.480 e. The lowest BCUT2D eigenvalue weighted by Crippen LogP contribution is -2.32. The van der Waals surface area contributed by atoms with Gasteiger partial charge in [0.1, 0.15) is 18.2 Å². The monoisotopic (exact) mass is 285 g/mol. The summed E-state index contributed by atoms with van der Waals surface area (Å²) in [6.07, 6.45) is 1.86. The van der Waals surface area contributed by atoms with Gasteiger partial charge in [-0.2, -0.15) is 0 Å². The molecule has 0 saturated heterocycles. The molecule has 0 bridgehead atoms. The molecule has 2 rings (SSSR count). The second-order valence-electron chi connectivity index (χ2n) is 5.21. The van der Waals surface area contributed by atoms with Gasteiger partial charge in [-0.05, 0) is 11.5 Å². The Morgan fingerprint density at radius 1 is 1.24 bits per heavy atom. The van der Waals surface area contributed by atoms with Crippen molar-refractivity contribution in [3.63, 3.8) is 0 Å². The van der Waals surface area contributed by atoms with Crippen LogP contribution in [0.25, 0.3) is 0 Å². The van der Waals surface area contributed by atoms with Crippen LogP contribution in [0.5, 0.6) is 0 Å². The van der Waals surface area contributed by atoms with Crippen LogP contribution in [-0.4, -0.2) is 27.1 Å². The van der Waals surface area contributed by atoms with E-state index >= 15 is 0 Å². The second kappa shape index (κ2) is 6.83. The van der Waals surface area contributed by atoms with Crippen molar-refractivity contribution in [2.45, 2.75) is 32.2 Å². The smallest absolute Gasteiger partial charge is 0.326 e. The van der Waals surface area contributed by atoms with E-state index in [1.54, 1.807) is 6.07 Å². The van der Waals surface area contributed by atoms with E-state index in [0.29, 0.717) is 12.2 Å². The van der Waals surface area contributed by atoms with Crippen molar-refractivity contribution in [3.8, 4) is 0 Å². The van der Waals surface area contributed by atoms with E-state index in [-0.39, 0.29) is 5.92 Å². The van der Waals surface area contributed by atoms with Gasteiger partial charge >= 0.3 is 5.97 Å². The van der Waals surface area contributed by atoms with Crippen LogP contribution in [0, 0.1) is 0 Å². The molecule has 5 nitrogen and oxygen atoms in total. The largest absolute Gasteiger partial charge is 0.480 e. The van der Waals surface area contributed by atoms with Gasteiger partial charge in [-0.3, -0.25) is 0 Å².